The smallest absolute Gasteiger partial charge is 0.416 e. The summed E-state index contributed by atoms with van der Waals surface area (Å²) < 4.78 is 42.4. The Morgan fingerprint density at radius 3 is 2.16 bits per heavy atom. The fraction of sp³-hybridized carbons (Fsp3) is 0.222. The summed E-state index contributed by atoms with van der Waals surface area (Å²) in [5, 5.41) is 2.50. The van der Waals surface area contributed by atoms with Gasteiger partial charge in [-0.05, 0) is 29.8 Å². The van der Waals surface area contributed by atoms with E-state index in [0.29, 0.717) is 0 Å². The Morgan fingerprint density at radius 2 is 1.64 bits per heavy atom. The van der Waals surface area contributed by atoms with Gasteiger partial charge in [-0.25, -0.2) is 4.79 Å². The van der Waals surface area contributed by atoms with E-state index in [-0.39, 0.29) is 12.0 Å². The predicted molar refractivity (Wildman–Crippen MR) is 84.9 cm³/mol. The minimum atomic E-state index is -4.48. The Morgan fingerprint density at radius 1 is 1.04 bits per heavy atom. The van der Waals surface area contributed by atoms with E-state index in [1.165, 1.54) is 7.11 Å². The number of carbonyl (C=O) groups excluding carboxylic acids is 2. The van der Waals surface area contributed by atoms with E-state index >= 15 is 0 Å². The maximum Gasteiger partial charge on any atom is 0.416 e. The summed E-state index contributed by atoms with van der Waals surface area (Å²) in [6.45, 7) is 0. The van der Waals surface area contributed by atoms with Crippen LogP contribution < -0.4 is 5.32 Å². The number of ether oxygens (including phenoxy) is 1. The summed E-state index contributed by atoms with van der Waals surface area (Å²) in [5.41, 5.74) is -0.0153. The third kappa shape index (κ3) is 5.07. The van der Waals surface area contributed by atoms with Crippen LogP contribution in [0.2, 0.25) is 0 Å². The van der Waals surface area contributed by atoms with Crippen molar-refractivity contribution in [3.05, 3.63) is 71.3 Å². The molecule has 1 atom stereocenters. The van der Waals surface area contributed by atoms with Crippen molar-refractivity contribution in [2.24, 2.45) is 0 Å². The van der Waals surface area contributed by atoms with E-state index in [1.807, 2.05) is 6.07 Å². The summed E-state index contributed by atoms with van der Waals surface area (Å²) in [6.07, 6.45) is -4.27. The predicted octanol–water partition coefficient (Wildman–Crippen LogP) is 3.22. The number of nitrogens with one attached hydrogen (secondary N) is 1. The van der Waals surface area contributed by atoms with Gasteiger partial charge in [-0.3, -0.25) is 4.79 Å². The first-order valence-corrected chi connectivity index (χ1v) is 7.41. The quantitative estimate of drug-likeness (QED) is 0.842. The SMILES string of the molecule is COC(=O)[C@@H](Cc1ccccc1)NC(=O)c1ccc(C(F)(F)F)cc1. The highest BCUT2D eigenvalue weighted by Crippen LogP contribution is 2.29. The van der Waals surface area contributed by atoms with Crippen LogP contribution in [0.15, 0.2) is 54.6 Å². The molecule has 0 unspecified atom stereocenters. The van der Waals surface area contributed by atoms with E-state index < -0.39 is 29.7 Å². The molecule has 0 spiro atoms. The van der Waals surface area contributed by atoms with Gasteiger partial charge in [0.25, 0.3) is 5.91 Å². The van der Waals surface area contributed by atoms with Crippen LogP contribution in [0.4, 0.5) is 13.2 Å². The minimum Gasteiger partial charge on any atom is -0.467 e. The van der Waals surface area contributed by atoms with E-state index in [1.54, 1.807) is 24.3 Å². The molecule has 2 aromatic carbocycles. The molecule has 0 aliphatic carbocycles. The summed E-state index contributed by atoms with van der Waals surface area (Å²) in [5.74, 6) is -1.29. The Hall–Kier alpha value is -2.83. The fourth-order valence-electron chi connectivity index (χ4n) is 2.24. The van der Waals surface area contributed by atoms with Crippen LogP contribution >= 0.6 is 0 Å². The highest BCUT2D eigenvalue weighted by atomic mass is 19.4. The minimum absolute atomic E-state index is 0.0231. The third-order valence-corrected chi connectivity index (χ3v) is 3.55. The van der Waals surface area contributed by atoms with Crippen molar-refractivity contribution < 1.29 is 27.5 Å². The molecule has 0 heterocycles. The van der Waals surface area contributed by atoms with Crippen LogP contribution in [-0.4, -0.2) is 25.0 Å². The summed E-state index contributed by atoms with van der Waals surface area (Å²) >= 11 is 0. The molecule has 0 saturated heterocycles. The van der Waals surface area contributed by atoms with E-state index in [4.69, 9.17) is 0 Å². The van der Waals surface area contributed by atoms with Gasteiger partial charge in [0.05, 0.1) is 12.7 Å². The number of amides is 1. The molecule has 4 nitrogen and oxygen atoms in total. The van der Waals surface area contributed by atoms with Crippen molar-refractivity contribution in [1.29, 1.82) is 0 Å². The first-order chi connectivity index (χ1) is 11.8. The van der Waals surface area contributed by atoms with Crippen molar-refractivity contribution in [2.45, 2.75) is 18.6 Å². The van der Waals surface area contributed by atoms with Gasteiger partial charge < -0.3 is 10.1 Å². The molecule has 1 amide bonds. The van der Waals surface area contributed by atoms with Gasteiger partial charge in [0.1, 0.15) is 6.04 Å². The Labute approximate surface area is 142 Å². The summed E-state index contributed by atoms with van der Waals surface area (Å²) in [6, 6.07) is 11.8. The largest absolute Gasteiger partial charge is 0.467 e. The molecule has 2 rings (SSSR count). The zero-order chi connectivity index (χ0) is 18.4. The van der Waals surface area contributed by atoms with Gasteiger partial charge >= 0.3 is 12.1 Å². The number of benzene rings is 2. The first kappa shape index (κ1) is 18.5. The second-order valence-electron chi connectivity index (χ2n) is 5.31. The molecule has 0 aliphatic rings. The lowest BCUT2D eigenvalue weighted by Gasteiger charge is -2.17. The zero-order valence-corrected chi connectivity index (χ0v) is 13.3. The normalized spacial score (nSPS) is 12.3. The van der Waals surface area contributed by atoms with Gasteiger partial charge in [-0.15, -0.1) is 0 Å². The molecule has 25 heavy (non-hydrogen) atoms. The highest BCUT2D eigenvalue weighted by molar-refractivity contribution is 5.96. The molecule has 0 saturated carbocycles. The van der Waals surface area contributed by atoms with Crippen molar-refractivity contribution in [3.8, 4) is 0 Å². The van der Waals surface area contributed by atoms with Gasteiger partial charge in [0, 0.05) is 12.0 Å². The van der Waals surface area contributed by atoms with E-state index in [0.717, 1.165) is 29.8 Å². The van der Waals surface area contributed by atoms with Crippen LogP contribution in [0, 0.1) is 0 Å². The van der Waals surface area contributed by atoms with Crippen molar-refractivity contribution in [2.75, 3.05) is 7.11 Å². The van der Waals surface area contributed by atoms with Crippen LogP contribution in [0.25, 0.3) is 0 Å². The van der Waals surface area contributed by atoms with Gasteiger partial charge in [0.2, 0.25) is 0 Å². The number of methoxy groups -OCH3 is 1. The van der Waals surface area contributed by atoms with E-state index in [9.17, 15) is 22.8 Å². The number of halogens is 3. The van der Waals surface area contributed by atoms with Gasteiger partial charge in [0.15, 0.2) is 0 Å². The average molecular weight is 351 g/mol. The number of hydrogen-bond acceptors (Lipinski definition) is 3. The lowest BCUT2D eigenvalue weighted by Crippen LogP contribution is -2.43. The second kappa shape index (κ2) is 7.83. The summed E-state index contributed by atoms with van der Waals surface area (Å²) in [4.78, 5) is 24.1. The molecule has 0 aromatic heterocycles. The van der Waals surface area contributed by atoms with Crippen LogP contribution in [0.3, 0.4) is 0 Å². The second-order valence-corrected chi connectivity index (χ2v) is 5.31. The Balaban J connectivity index is 2.12. The van der Waals surface area contributed by atoms with Crippen LogP contribution in [0.1, 0.15) is 21.5 Å². The summed E-state index contributed by atoms with van der Waals surface area (Å²) in [7, 11) is 1.20. The number of esters is 1. The standard InChI is InChI=1S/C18H16F3NO3/c1-25-17(24)15(11-12-5-3-2-4-6-12)22-16(23)13-7-9-14(10-8-13)18(19,20)21/h2-10,15H,11H2,1H3,(H,22,23)/t15-/m1/s1. The molecule has 0 aliphatic heterocycles. The van der Waals surface area contributed by atoms with E-state index in [2.05, 4.69) is 10.1 Å². The lowest BCUT2D eigenvalue weighted by molar-refractivity contribution is -0.142. The molecule has 2 aromatic rings. The lowest BCUT2D eigenvalue weighted by atomic mass is 10.0. The van der Waals surface area contributed by atoms with Gasteiger partial charge in [-0.1, -0.05) is 30.3 Å². The Bertz CT molecular complexity index is 727. The molecular formula is C18H16F3NO3. The number of rotatable bonds is 5. The van der Waals surface area contributed by atoms with Crippen molar-refractivity contribution >= 4 is 11.9 Å². The van der Waals surface area contributed by atoms with Crippen molar-refractivity contribution in [3.63, 3.8) is 0 Å². The fourth-order valence-corrected chi connectivity index (χ4v) is 2.24. The first-order valence-electron chi connectivity index (χ1n) is 7.41. The molecule has 7 heteroatoms. The van der Waals surface area contributed by atoms with Crippen LogP contribution in [0.5, 0.6) is 0 Å². The molecule has 0 bridgehead atoms. The highest BCUT2D eigenvalue weighted by Gasteiger charge is 2.30. The maximum absolute atomic E-state index is 12.6. The number of carbonyl (C=O) groups is 2. The molecular weight excluding hydrogens is 335 g/mol. The zero-order valence-electron chi connectivity index (χ0n) is 13.3. The topological polar surface area (TPSA) is 55.4 Å². The number of hydrogen-bond donors (Lipinski definition) is 1. The van der Waals surface area contributed by atoms with Gasteiger partial charge in [-0.2, -0.15) is 13.2 Å². The molecule has 0 fully saturated rings. The monoisotopic (exact) mass is 351 g/mol. The van der Waals surface area contributed by atoms with Crippen LogP contribution in [-0.2, 0) is 22.1 Å². The number of alkyl halides is 3. The maximum atomic E-state index is 12.6. The van der Waals surface area contributed by atoms with Crippen molar-refractivity contribution in [1.82, 2.24) is 5.32 Å². The average Bonchev–Trinajstić information content (AvgIpc) is 2.60. The molecule has 132 valence electrons. The third-order valence-electron chi connectivity index (χ3n) is 3.55. The Kier molecular flexibility index (Phi) is 5.80. The molecule has 1 N–H and O–H groups in total. The molecule has 0 radical (unpaired) electrons.